The predicted octanol–water partition coefficient (Wildman–Crippen LogP) is 3.74. The minimum Gasteiger partial charge on any atom is -0.495 e. The Labute approximate surface area is 199 Å². The molecule has 1 amide bonds. The second-order valence-electron chi connectivity index (χ2n) is 7.69. The molecule has 0 fully saturated rings. The van der Waals surface area contributed by atoms with Gasteiger partial charge in [0.15, 0.2) is 0 Å². The Morgan fingerprint density at radius 2 is 1.50 bits per heavy atom. The average Bonchev–Trinajstić information content (AvgIpc) is 2.74. The molecule has 3 aromatic rings. The van der Waals surface area contributed by atoms with Crippen molar-refractivity contribution in [1.82, 2.24) is 0 Å². The second-order valence-corrected chi connectivity index (χ2v) is 11.1. The summed E-state index contributed by atoms with van der Waals surface area (Å²) in [7, 11) is -5.86. The van der Waals surface area contributed by atoms with Crippen LogP contribution in [0.25, 0.3) is 0 Å². The maximum atomic E-state index is 12.8. The largest absolute Gasteiger partial charge is 0.495 e. The lowest BCUT2D eigenvalue weighted by Gasteiger charge is -2.13. The summed E-state index contributed by atoms with van der Waals surface area (Å²) in [6.07, 6.45) is 1.05. The number of carbonyl (C=O) groups excluding carboxylic acids is 1. The molecule has 0 aliphatic rings. The van der Waals surface area contributed by atoms with Crippen molar-refractivity contribution in [2.24, 2.45) is 0 Å². The van der Waals surface area contributed by atoms with Crippen molar-refractivity contribution < 1.29 is 26.4 Å². The molecular weight excluding hydrogens is 478 g/mol. The number of hydrogen-bond acceptors (Lipinski definition) is 6. The smallest absolute Gasteiger partial charge is 0.262 e. The van der Waals surface area contributed by atoms with Crippen LogP contribution in [0.3, 0.4) is 0 Å². The molecule has 0 unspecified atom stereocenters. The van der Waals surface area contributed by atoms with E-state index in [1.54, 1.807) is 25.1 Å². The normalized spacial score (nSPS) is 11.5. The van der Waals surface area contributed by atoms with E-state index >= 15 is 0 Å². The van der Waals surface area contributed by atoms with E-state index in [0.717, 1.165) is 11.8 Å². The van der Waals surface area contributed by atoms with Gasteiger partial charge < -0.3 is 10.1 Å². The number of carbonyl (C=O) groups is 1. The van der Waals surface area contributed by atoms with Crippen LogP contribution >= 0.6 is 0 Å². The van der Waals surface area contributed by atoms with Crippen LogP contribution < -0.4 is 19.5 Å². The Hall–Kier alpha value is -3.57. The molecule has 0 heterocycles. The first-order valence-electron chi connectivity index (χ1n) is 10.1. The first kappa shape index (κ1) is 25.1. The molecule has 3 N–H and O–H groups in total. The fourth-order valence-electron chi connectivity index (χ4n) is 3.15. The lowest BCUT2D eigenvalue weighted by atomic mass is 10.1. The Morgan fingerprint density at radius 3 is 2.09 bits per heavy atom. The highest BCUT2D eigenvalue weighted by Gasteiger charge is 2.17. The SMILES string of the molecule is COc1ccc(C)cc1NS(=O)(=O)c1ccc(NC(=O)c2ccc(NS(C)(=O)=O)c(C)c2)cc1. The molecule has 0 spiro atoms. The highest BCUT2D eigenvalue weighted by atomic mass is 32.2. The Kier molecular flexibility index (Phi) is 7.18. The number of hydrogen-bond donors (Lipinski definition) is 3. The molecule has 0 atom stereocenters. The number of benzene rings is 3. The summed E-state index contributed by atoms with van der Waals surface area (Å²) in [6, 6.07) is 15.4. The van der Waals surface area contributed by atoms with E-state index in [1.807, 2.05) is 13.0 Å². The molecule has 0 saturated heterocycles. The number of aryl methyl sites for hydroxylation is 2. The van der Waals surface area contributed by atoms with Gasteiger partial charge in [-0.05, 0) is 79.6 Å². The highest BCUT2D eigenvalue weighted by Crippen LogP contribution is 2.28. The van der Waals surface area contributed by atoms with Gasteiger partial charge in [-0.3, -0.25) is 14.2 Å². The molecule has 3 aromatic carbocycles. The van der Waals surface area contributed by atoms with Gasteiger partial charge in [-0.25, -0.2) is 16.8 Å². The van der Waals surface area contributed by atoms with Gasteiger partial charge in [-0.2, -0.15) is 0 Å². The van der Waals surface area contributed by atoms with Crippen LogP contribution in [-0.2, 0) is 20.0 Å². The van der Waals surface area contributed by atoms with Crippen LogP contribution in [0.4, 0.5) is 17.1 Å². The van der Waals surface area contributed by atoms with Crippen molar-refractivity contribution in [3.05, 3.63) is 77.4 Å². The van der Waals surface area contributed by atoms with Gasteiger partial charge in [0.25, 0.3) is 15.9 Å². The van der Waals surface area contributed by atoms with Gasteiger partial charge in [0.05, 0.1) is 29.6 Å². The van der Waals surface area contributed by atoms with Gasteiger partial charge in [-0.15, -0.1) is 0 Å². The number of anilines is 3. The maximum Gasteiger partial charge on any atom is 0.262 e. The summed E-state index contributed by atoms with van der Waals surface area (Å²) < 4.78 is 58.6. The van der Waals surface area contributed by atoms with E-state index in [1.165, 1.54) is 43.5 Å². The molecule has 180 valence electrons. The molecule has 3 rings (SSSR count). The minimum absolute atomic E-state index is 0.0149. The Bertz CT molecular complexity index is 1430. The zero-order chi connectivity index (χ0) is 25.1. The van der Waals surface area contributed by atoms with Crippen LogP contribution in [0.1, 0.15) is 21.5 Å². The fourth-order valence-corrected chi connectivity index (χ4v) is 4.83. The molecule has 11 heteroatoms. The first-order chi connectivity index (χ1) is 15.9. The maximum absolute atomic E-state index is 12.8. The van der Waals surface area contributed by atoms with Crippen molar-refractivity contribution in [3.63, 3.8) is 0 Å². The average molecular weight is 504 g/mol. The van der Waals surface area contributed by atoms with E-state index in [-0.39, 0.29) is 4.90 Å². The molecule has 0 aliphatic heterocycles. The topological polar surface area (TPSA) is 131 Å². The molecule has 0 bridgehead atoms. The third kappa shape index (κ3) is 6.27. The Morgan fingerprint density at radius 1 is 0.824 bits per heavy atom. The van der Waals surface area contributed by atoms with E-state index in [9.17, 15) is 21.6 Å². The van der Waals surface area contributed by atoms with Crippen molar-refractivity contribution >= 4 is 43.0 Å². The summed E-state index contributed by atoms with van der Waals surface area (Å²) in [4.78, 5) is 12.6. The van der Waals surface area contributed by atoms with Crippen molar-refractivity contribution in [3.8, 4) is 5.75 Å². The highest BCUT2D eigenvalue weighted by molar-refractivity contribution is 7.92. The van der Waals surface area contributed by atoms with Gasteiger partial charge in [0.2, 0.25) is 10.0 Å². The van der Waals surface area contributed by atoms with Gasteiger partial charge in [0, 0.05) is 11.3 Å². The number of amides is 1. The number of methoxy groups -OCH3 is 1. The molecule has 9 nitrogen and oxygen atoms in total. The summed E-state index contributed by atoms with van der Waals surface area (Å²) in [5.41, 5.74) is 2.87. The molecule has 0 aromatic heterocycles. The molecule has 34 heavy (non-hydrogen) atoms. The second kappa shape index (κ2) is 9.74. The van der Waals surface area contributed by atoms with Crippen LogP contribution in [0.5, 0.6) is 5.75 Å². The summed E-state index contributed by atoms with van der Waals surface area (Å²) in [5, 5.41) is 2.69. The zero-order valence-electron chi connectivity index (χ0n) is 19.0. The molecule has 0 aliphatic carbocycles. The summed E-state index contributed by atoms with van der Waals surface area (Å²) in [6.45, 7) is 3.52. The van der Waals surface area contributed by atoms with Gasteiger partial charge in [0.1, 0.15) is 5.75 Å². The number of nitrogens with one attached hydrogen (secondary N) is 3. The molecule has 0 saturated carbocycles. The van der Waals surface area contributed by atoms with Crippen LogP contribution in [0.2, 0.25) is 0 Å². The number of rotatable bonds is 8. The third-order valence-corrected chi connectivity index (χ3v) is 6.78. The van der Waals surface area contributed by atoms with Crippen molar-refractivity contribution in [2.45, 2.75) is 18.7 Å². The first-order valence-corrected chi connectivity index (χ1v) is 13.4. The monoisotopic (exact) mass is 503 g/mol. The zero-order valence-corrected chi connectivity index (χ0v) is 20.7. The van der Waals surface area contributed by atoms with E-state index < -0.39 is 26.0 Å². The number of sulfonamides is 2. The van der Waals surface area contributed by atoms with E-state index in [4.69, 9.17) is 4.74 Å². The van der Waals surface area contributed by atoms with Crippen LogP contribution in [0, 0.1) is 13.8 Å². The van der Waals surface area contributed by atoms with E-state index in [2.05, 4.69) is 14.8 Å². The van der Waals surface area contributed by atoms with Crippen LogP contribution in [-0.4, -0.2) is 36.1 Å². The summed E-state index contributed by atoms with van der Waals surface area (Å²) >= 11 is 0. The fraction of sp³-hybridized carbons (Fsp3) is 0.174. The van der Waals surface area contributed by atoms with E-state index in [0.29, 0.717) is 33.9 Å². The lowest BCUT2D eigenvalue weighted by molar-refractivity contribution is 0.102. The Balaban J connectivity index is 1.74. The van der Waals surface area contributed by atoms with Crippen molar-refractivity contribution in [2.75, 3.05) is 28.1 Å². The lowest BCUT2D eigenvalue weighted by Crippen LogP contribution is -2.15. The minimum atomic E-state index is -3.88. The molecule has 0 radical (unpaired) electrons. The predicted molar refractivity (Wildman–Crippen MR) is 133 cm³/mol. The quantitative estimate of drug-likeness (QED) is 0.429. The van der Waals surface area contributed by atoms with Gasteiger partial charge in [-0.1, -0.05) is 6.07 Å². The van der Waals surface area contributed by atoms with Crippen molar-refractivity contribution in [1.29, 1.82) is 0 Å². The standard InChI is InChI=1S/C23H25N3O6S2/c1-15-5-12-22(32-3)21(13-15)26-34(30,31)19-9-7-18(8-10-19)24-23(27)17-6-11-20(16(2)14-17)25-33(4,28)29/h5-14,25-26H,1-4H3,(H,24,27). The number of ether oxygens (including phenoxy) is 1. The van der Waals surface area contributed by atoms with Gasteiger partial charge >= 0.3 is 0 Å². The van der Waals surface area contributed by atoms with Crippen LogP contribution in [0.15, 0.2) is 65.6 Å². The summed E-state index contributed by atoms with van der Waals surface area (Å²) in [5.74, 6) is -0.0293. The molecular formula is C23H25N3O6S2. The third-order valence-electron chi connectivity index (χ3n) is 4.81.